The molecule has 1 unspecified atom stereocenters. The van der Waals surface area contributed by atoms with E-state index in [-0.39, 0.29) is 27.7 Å². The fraction of sp³-hybridized carbons (Fsp3) is 0.286. The SMILES string of the molecule is N#Cc1ccnc(N2C(C(=O)Nc3ccc(F)c(F)c3)([C@@H](C(=O)NC3CC(F)(F)C3)c3ccccc3Cl)CCS2(=O)=O)c1. The molecule has 1 saturated heterocycles. The van der Waals surface area contributed by atoms with Crippen molar-refractivity contribution >= 4 is 44.9 Å². The van der Waals surface area contributed by atoms with Crippen molar-refractivity contribution < 1.29 is 35.6 Å². The molecule has 1 aliphatic heterocycles. The second-order valence-electron chi connectivity index (χ2n) is 10.3. The number of aromatic nitrogens is 1. The molecule has 2 N–H and O–H groups in total. The molecule has 2 atom stereocenters. The maximum absolute atomic E-state index is 14.4. The number of rotatable bonds is 7. The van der Waals surface area contributed by atoms with Crippen molar-refractivity contribution in [2.75, 3.05) is 15.4 Å². The molecule has 224 valence electrons. The number of carbonyl (C=O) groups is 2. The van der Waals surface area contributed by atoms with Gasteiger partial charge in [0.25, 0.3) is 11.8 Å². The van der Waals surface area contributed by atoms with Crippen LogP contribution in [-0.2, 0) is 19.6 Å². The van der Waals surface area contributed by atoms with Gasteiger partial charge in [0.15, 0.2) is 17.2 Å². The summed E-state index contributed by atoms with van der Waals surface area (Å²) in [6.07, 6.45) is -0.736. The van der Waals surface area contributed by atoms with Gasteiger partial charge in [0, 0.05) is 41.9 Å². The Labute approximate surface area is 248 Å². The number of nitrogens with zero attached hydrogens (tertiary/aromatic N) is 3. The number of pyridine rings is 1. The first kappa shape index (κ1) is 30.2. The molecular formula is C28H22ClF4N5O4S. The second-order valence-corrected chi connectivity index (χ2v) is 12.6. The van der Waals surface area contributed by atoms with Crippen molar-refractivity contribution in [3.8, 4) is 6.07 Å². The third kappa shape index (κ3) is 5.62. The number of alkyl halides is 2. The fourth-order valence-electron chi connectivity index (χ4n) is 5.46. The Morgan fingerprint density at radius 1 is 1.09 bits per heavy atom. The van der Waals surface area contributed by atoms with Crippen LogP contribution in [0.15, 0.2) is 60.8 Å². The minimum Gasteiger partial charge on any atom is -0.352 e. The number of hydrogen-bond donors (Lipinski definition) is 2. The summed E-state index contributed by atoms with van der Waals surface area (Å²) >= 11 is 6.50. The summed E-state index contributed by atoms with van der Waals surface area (Å²) in [5, 5.41) is 14.3. The molecule has 9 nitrogen and oxygen atoms in total. The topological polar surface area (TPSA) is 132 Å². The summed E-state index contributed by atoms with van der Waals surface area (Å²) in [4.78, 5) is 32.5. The average molecular weight is 636 g/mol. The van der Waals surface area contributed by atoms with E-state index in [0.717, 1.165) is 24.4 Å². The first-order valence-electron chi connectivity index (χ1n) is 12.9. The Morgan fingerprint density at radius 2 is 1.81 bits per heavy atom. The van der Waals surface area contributed by atoms with Gasteiger partial charge in [-0.3, -0.25) is 9.59 Å². The highest BCUT2D eigenvalue weighted by Crippen LogP contribution is 2.48. The van der Waals surface area contributed by atoms with E-state index in [1.807, 2.05) is 6.07 Å². The Hall–Kier alpha value is -4.22. The summed E-state index contributed by atoms with van der Waals surface area (Å²) in [5.74, 6) is -10.5. The lowest BCUT2D eigenvalue weighted by molar-refractivity contribution is -0.135. The zero-order chi connectivity index (χ0) is 31.2. The van der Waals surface area contributed by atoms with Gasteiger partial charge < -0.3 is 10.6 Å². The predicted octanol–water partition coefficient (Wildman–Crippen LogP) is 4.50. The zero-order valence-electron chi connectivity index (χ0n) is 22.0. The maximum Gasteiger partial charge on any atom is 0.252 e. The van der Waals surface area contributed by atoms with Crippen LogP contribution in [0.4, 0.5) is 29.1 Å². The highest BCUT2D eigenvalue weighted by molar-refractivity contribution is 7.93. The number of nitriles is 1. The number of anilines is 2. The highest BCUT2D eigenvalue weighted by Gasteiger charge is 2.63. The van der Waals surface area contributed by atoms with Gasteiger partial charge in [-0.25, -0.2) is 35.3 Å². The lowest BCUT2D eigenvalue weighted by atomic mass is 9.74. The quantitative estimate of drug-likeness (QED) is 0.368. The van der Waals surface area contributed by atoms with Gasteiger partial charge in [0.2, 0.25) is 15.9 Å². The molecule has 2 aliphatic rings. The number of carbonyl (C=O) groups excluding carboxylic acids is 2. The van der Waals surface area contributed by atoms with Gasteiger partial charge in [0.1, 0.15) is 5.82 Å². The van der Waals surface area contributed by atoms with E-state index in [1.165, 1.54) is 30.3 Å². The minimum absolute atomic E-state index is 0.00766. The molecule has 1 aromatic heterocycles. The van der Waals surface area contributed by atoms with E-state index in [4.69, 9.17) is 11.6 Å². The molecule has 15 heteroatoms. The van der Waals surface area contributed by atoms with E-state index >= 15 is 0 Å². The summed E-state index contributed by atoms with van der Waals surface area (Å²) in [7, 11) is -4.44. The van der Waals surface area contributed by atoms with E-state index in [9.17, 15) is 40.8 Å². The van der Waals surface area contributed by atoms with Crippen LogP contribution in [0, 0.1) is 23.0 Å². The monoisotopic (exact) mass is 635 g/mol. The molecule has 1 aliphatic carbocycles. The van der Waals surface area contributed by atoms with E-state index in [1.54, 1.807) is 0 Å². The van der Waals surface area contributed by atoms with Gasteiger partial charge in [-0.2, -0.15) is 5.26 Å². The van der Waals surface area contributed by atoms with Crippen molar-refractivity contribution in [2.24, 2.45) is 0 Å². The maximum atomic E-state index is 14.4. The Bertz CT molecular complexity index is 1760. The molecule has 0 spiro atoms. The fourth-order valence-corrected chi connectivity index (χ4v) is 7.61. The lowest BCUT2D eigenvalue weighted by Gasteiger charge is -2.43. The molecule has 5 rings (SSSR count). The standard InChI is InChI=1S/C28H22ClF4N5O4S/c29-20-4-2-1-3-19(20)24(25(39)36-18-13-27(32,33)14-18)28(26(40)37-17-5-6-21(30)22(31)12-17)8-10-43(41,42)38(28)23-11-16(15-34)7-9-35-23/h1-7,9,11-12,18,24H,8,10,13-14H2,(H,36,39)(H,37,40)/t24-,28?/m1/s1. The van der Waals surface area contributed by atoms with E-state index in [2.05, 4.69) is 15.6 Å². The smallest absolute Gasteiger partial charge is 0.252 e. The summed E-state index contributed by atoms with van der Waals surface area (Å²) in [6.45, 7) is 0. The highest BCUT2D eigenvalue weighted by atomic mass is 35.5. The normalized spacial score (nSPS) is 21.3. The Balaban J connectivity index is 1.73. The number of amides is 2. The van der Waals surface area contributed by atoms with Crippen LogP contribution < -0.4 is 14.9 Å². The largest absolute Gasteiger partial charge is 0.352 e. The van der Waals surface area contributed by atoms with Crippen LogP contribution in [0.1, 0.15) is 36.3 Å². The van der Waals surface area contributed by atoms with Crippen LogP contribution in [0.5, 0.6) is 0 Å². The van der Waals surface area contributed by atoms with Crippen LogP contribution in [-0.4, -0.2) is 48.5 Å². The van der Waals surface area contributed by atoms with Crippen LogP contribution in [0.2, 0.25) is 5.02 Å². The van der Waals surface area contributed by atoms with Crippen LogP contribution >= 0.6 is 11.6 Å². The summed E-state index contributed by atoms with van der Waals surface area (Å²) in [5.41, 5.74) is -2.70. The van der Waals surface area contributed by atoms with Gasteiger partial charge in [-0.05, 0) is 42.3 Å². The molecule has 3 aromatic rings. The second kappa shape index (κ2) is 11.1. The number of sulfonamides is 1. The molecule has 1 saturated carbocycles. The molecule has 2 heterocycles. The van der Waals surface area contributed by atoms with Crippen molar-refractivity contribution in [3.05, 3.63) is 88.6 Å². The molecule has 0 radical (unpaired) electrons. The molecule has 2 aromatic carbocycles. The van der Waals surface area contributed by atoms with Gasteiger partial charge in [-0.1, -0.05) is 29.8 Å². The Kier molecular flexibility index (Phi) is 7.82. The van der Waals surface area contributed by atoms with Crippen molar-refractivity contribution in [2.45, 2.75) is 42.7 Å². The molecular weight excluding hydrogens is 614 g/mol. The average Bonchev–Trinajstić information content (AvgIpc) is 3.22. The molecule has 2 amide bonds. The first-order chi connectivity index (χ1) is 20.3. The number of halogens is 5. The van der Waals surface area contributed by atoms with Gasteiger partial charge in [0.05, 0.1) is 23.3 Å². The van der Waals surface area contributed by atoms with Gasteiger partial charge >= 0.3 is 0 Å². The van der Waals surface area contributed by atoms with Crippen molar-refractivity contribution in [3.63, 3.8) is 0 Å². The predicted molar refractivity (Wildman–Crippen MR) is 148 cm³/mol. The van der Waals surface area contributed by atoms with E-state index < -0.39 is 81.9 Å². The first-order valence-corrected chi connectivity index (χ1v) is 14.8. The van der Waals surface area contributed by atoms with Gasteiger partial charge in [-0.15, -0.1) is 0 Å². The van der Waals surface area contributed by atoms with E-state index in [0.29, 0.717) is 10.4 Å². The van der Waals surface area contributed by atoms with Crippen LogP contribution in [0.25, 0.3) is 0 Å². The third-order valence-corrected chi connectivity index (χ3v) is 9.56. The lowest BCUT2D eigenvalue weighted by Crippen LogP contribution is -2.63. The Morgan fingerprint density at radius 3 is 2.47 bits per heavy atom. The summed E-state index contributed by atoms with van der Waals surface area (Å²) < 4.78 is 83.1. The van der Waals surface area contributed by atoms with Crippen molar-refractivity contribution in [1.29, 1.82) is 5.26 Å². The third-order valence-electron chi connectivity index (χ3n) is 7.43. The molecule has 0 bridgehead atoms. The molecule has 2 fully saturated rings. The molecule has 43 heavy (non-hydrogen) atoms. The minimum atomic E-state index is -4.44. The van der Waals surface area contributed by atoms with Crippen LogP contribution in [0.3, 0.4) is 0 Å². The number of benzene rings is 2. The zero-order valence-corrected chi connectivity index (χ0v) is 23.6. The number of hydrogen-bond acceptors (Lipinski definition) is 6. The summed E-state index contributed by atoms with van der Waals surface area (Å²) in [6, 6.07) is 11.5. The van der Waals surface area contributed by atoms with Crippen molar-refractivity contribution in [1.82, 2.24) is 10.3 Å². The number of nitrogens with one attached hydrogen (secondary N) is 2.